The molecular formula is C44H36F12FeP2. The largest absolute Gasteiger partial charge is 0.416 e. The molecule has 0 unspecified atom stereocenters. The number of halogens is 12. The molecule has 6 rings (SSSR count). The Bertz CT molecular complexity index is 2020. The van der Waals surface area contributed by atoms with Crippen LogP contribution in [-0.4, -0.2) is 5.66 Å². The summed E-state index contributed by atoms with van der Waals surface area (Å²) in [4.78, 5) is 0. The molecule has 2 aliphatic carbocycles. The summed E-state index contributed by atoms with van der Waals surface area (Å²) < 4.78 is 170. The molecule has 0 aromatic heterocycles. The maximum atomic E-state index is 14.1. The van der Waals surface area contributed by atoms with Gasteiger partial charge in [0, 0.05) is 29.4 Å². The van der Waals surface area contributed by atoms with Gasteiger partial charge in [-0.05, 0) is 112 Å². The fourth-order valence-corrected chi connectivity index (χ4v) is 12.6. The van der Waals surface area contributed by atoms with Gasteiger partial charge in [-0.3, -0.25) is 0 Å². The van der Waals surface area contributed by atoms with E-state index in [4.69, 9.17) is 0 Å². The number of alkyl halides is 12. The SMILES string of the molecule is Cc1cc(C)cc(P(c2cc(C)cc(C)c2)[C@@H](C)[C]2C=CC=C2P(c2cc(C(F)(F)F)cc(C(F)(F)F)c2)c2cc(C(F)(F)F)cc(C(F)(F)F)c2)c1.[CH]1C=CC=C1.[Fe]. The molecule has 1 atom stereocenters. The zero-order valence-electron chi connectivity index (χ0n) is 31.9. The van der Waals surface area contributed by atoms with E-state index in [0.29, 0.717) is 30.2 Å². The molecule has 0 saturated heterocycles. The zero-order chi connectivity index (χ0) is 43.0. The van der Waals surface area contributed by atoms with E-state index >= 15 is 0 Å². The molecule has 4 aromatic rings. The number of hydrogen-bond acceptors (Lipinski definition) is 0. The Morgan fingerprint density at radius 2 is 0.763 bits per heavy atom. The fourth-order valence-electron chi connectivity index (χ4n) is 6.78. The maximum Gasteiger partial charge on any atom is 0.416 e. The van der Waals surface area contributed by atoms with Crippen LogP contribution in [0.3, 0.4) is 0 Å². The van der Waals surface area contributed by atoms with Gasteiger partial charge in [-0.1, -0.05) is 108 Å². The molecule has 15 heteroatoms. The Balaban J connectivity index is 0.00000119. The topological polar surface area (TPSA) is 0 Å². The Kier molecular flexibility index (Phi) is 15.1. The molecule has 0 bridgehead atoms. The van der Waals surface area contributed by atoms with E-state index in [-0.39, 0.29) is 34.5 Å². The predicted octanol–water partition coefficient (Wildman–Crippen LogP) is 13.3. The van der Waals surface area contributed by atoms with E-state index in [1.807, 2.05) is 94.8 Å². The van der Waals surface area contributed by atoms with Gasteiger partial charge in [0.25, 0.3) is 0 Å². The molecular weight excluding hydrogens is 874 g/mol. The van der Waals surface area contributed by atoms with E-state index in [2.05, 4.69) is 0 Å². The van der Waals surface area contributed by atoms with E-state index < -0.39 is 79.1 Å². The summed E-state index contributed by atoms with van der Waals surface area (Å²) >= 11 is 0. The van der Waals surface area contributed by atoms with Gasteiger partial charge in [0.15, 0.2) is 0 Å². The second-order valence-electron chi connectivity index (χ2n) is 13.9. The average Bonchev–Trinajstić information content (AvgIpc) is 3.83. The van der Waals surface area contributed by atoms with Crippen LogP contribution in [0.25, 0.3) is 0 Å². The van der Waals surface area contributed by atoms with E-state index in [0.717, 1.165) is 32.9 Å². The first-order valence-electron chi connectivity index (χ1n) is 17.6. The third-order valence-corrected chi connectivity index (χ3v) is 14.2. The number of rotatable bonds is 7. The minimum atomic E-state index is -5.33. The second-order valence-corrected chi connectivity index (χ2v) is 18.7. The van der Waals surface area contributed by atoms with Gasteiger partial charge in [-0.2, -0.15) is 52.7 Å². The van der Waals surface area contributed by atoms with Crippen LogP contribution in [-0.2, 0) is 41.8 Å². The molecule has 0 amide bonds. The molecule has 0 fully saturated rings. The number of hydrogen-bond donors (Lipinski definition) is 0. The van der Waals surface area contributed by atoms with Crippen molar-refractivity contribution >= 4 is 37.1 Å². The smallest absolute Gasteiger partial charge is 0.166 e. The van der Waals surface area contributed by atoms with Crippen LogP contribution < -0.4 is 21.2 Å². The van der Waals surface area contributed by atoms with E-state index in [1.54, 1.807) is 13.0 Å². The summed E-state index contributed by atoms with van der Waals surface area (Å²) in [7, 11) is -4.31. The van der Waals surface area contributed by atoms with Crippen molar-refractivity contribution in [3.8, 4) is 0 Å². The van der Waals surface area contributed by atoms with Crippen molar-refractivity contribution in [1.29, 1.82) is 0 Å². The molecule has 0 spiro atoms. The Hall–Kier alpha value is -3.62. The Morgan fingerprint density at radius 1 is 0.424 bits per heavy atom. The van der Waals surface area contributed by atoms with Gasteiger partial charge in [-0.25, -0.2) is 0 Å². The molecule has 59 heavy (non-hydrogen) atoms. The molecule has 314 valence electrons. The van der Waals surface area contributed by atoms with Crippen LogP contribution in [0.4, 0.5) is 52.7 Å². The molecule has 2 radical (unpaired) electrons. The van der Waals surface area contributed by atoms with Gasteiger partial charge >= 0.3 is 24.7 Å². The minimum absolute atomic E-state index is 0. The summed E-state index contributed by atoms with van der Waals surface area (Å²) in [6.45, 7) is 9.36. The average molecular weight is 911 g/mol. The third kappa shape index (κ3) is 12.0. The maximum absolute atomic E-state index is 14.1. The first kappa shape index (κ1) is 48.1. The summed E-state index contributed by atoms with van der Waals surface area (Å²) in [5.74, 6) is 0.373. The second kappa shape index (κ2) is 18.6. The monoisotopic (exact) mass is 910 g/mol. The number of aryl methyl sites for hydroxylation is 4. The summed E-state index contributed by atoms with van der Waals surface area (Å²) in [5.41, 5.74) is -3.87. The van der Waals surface area contributed by atoms with Crippen LogP contribution in [0.15, 0.2) is 121 Å². The van der Waals surface area contributed by atoms with E-state index in [1.165, 1.54) is 12.2 Å². The fraction of sp³-hybridized carbons (Fsp3) is 0.227. The van der Waals surface area contributed by atoms with Crippen molar-refractivity contribution < 1.29 is 69.8 Å². The van der Waals surface area contributed by atoms with E-state index in [9.17, 15) is 52.7 Å². The van der Waals surface area contributed by atoms with Crippen molar-refractivity contribution in [1.82, 2.24) is 0 Å². The molecule has 0 saturated carbocycles. The van der Waals surface area contributed by atoms with Crippen molar-refractivity contribution in [3.05, 3.63) is 177 Å². The zero-order valence-corrected chi connectivity index (χ0v) is 34.8. The first-order chi connectivity index (χ1) is 26.8. The molecule has 0 nitrogen and oxygen atoms in total. The van der Waals surface area contributed by atoms with Crippen molar-refractivity contribution in [2.75, 3.05) is 0 Å². The van der Waals surface area contributed by atoms with Crippen molar-refractivity contribution in [2.45, 2.75) is 65.0 Å². The molecule has 0 aliphatic heterocycles. The Labute approximate surface area is 348 Å². The van der Waals surface area contributed by atoms with Gasteiger partial charge in [-0.15, -0.1) is 0 Å². The van der Waals surface area contributed by atoms with Crippen LogP contribution in [0.2, 0.25) is 0 Å². The van der Waals surface area contributed by atoms with Gasteiger partial charge in [0.2, 0.25) is 0 Å². The quantitative estimate of drug-likeness (QED) is 0.0985. The minimum Gasteiger partial charge on any atom is -0.166 e. The van der Waals surface area contributed by atoms with Crippen molar-refractivity contribution in [3.63, 3.8) is 0 Å². The first-order valence-corrected chi connectivity index (χ1v) is 20.4. The van der Waals surface area contributed by atoms with Crippen LogP contribution in [0.1, 0.15) is 51.4 Å². The molecule has 0 heterocycles. The number of allylic oxidation sites excluding steroid dienone is 8. The summed E-state index contributed by atoms with van der Waals surface area (Å²) in [6, 6.07) is 13.0. The van der Waals surface area contributed by atoms with Gasteiger partial charge < -0.3 is 0 Å². The number of benzene rings is 4. The van der Waals surface area contributed by atoms with Crippen molar-refractivity contribution in [2.24, 2.45) is 0 Å². The molecule has 0 N–H and O–H groups in total. The summed E-state index contributed by atoms with van der Waals surface area (Å²) in [5, 5.41) is 0.369. The normalized spacial score (nSPS) is 15.1. The van der Waals surface area contributed by atoms with Crippen LogP contribution in [0.5, 0.6) is 0 Å². The molecule has 2 aliphatic rings. The Morgan fingerprint density at radius 3 is 1.05 bits per heavy atom. The van der Waals surface area contributed by atoms with Crippen LogP contribution >= 0.6 is 15.8 Å². The summed E-state index contributed by atoms with van der Waals surface area (Å²) in [6.07, 6.45) is -6.92. The van der Waals surface area contributed by atoms with Crippen LogP contribution in [0, 0.1) is 40.0 Å². The molecule has 4 aromatic carbocycles. The standard InChI is InChI=1S/C39H31F12P2.C5H5.Fe/c1-21-9-22(2)12-30(11-21)52(31-13-23(3)10-24(4)14-31)25(5)34-7-6-8-35(34)53(32-17-26(36(40,41)42)15-27(18-32)37(43,44)45)33-19-28(38(46,47)48)16-29(20-33)39(49,50)51;1-2-4-5-3-1;/h6-20,25H,1-5H3;1-5H;/t25-;;/m0../s1. The predicted molar refractivity (Wildman–Crippen MR) is 210 cm³/mol. The van der Waals surface area contributed by atoms with Gasteiger partial charge in [0.05, 0.1) is 22.3 Å². The van der Waals surface area contributed by atoms with Gasteiger partial charge in [0.1, 0.15) is 0 Å². The third-order valence-electron chi connectivity index (χ3n) is 9.09.